The molecule has 0 spiro atoms. The minimum Gasteiger partial charge on any atom is -0.385 e. The molecule has 0 unspecified atom stereocenters. The lowest BCUT2D eigenvalue weighted by molar-refractivity contribution is 0.192. The van der Waals surface area contributed by atoms with Crippen molar-refractivity contribution < 1.29 is 4.74 Å². The van der Waals surface area contributed by atoms with Gasteiger partial charge in [-0.15, -0.1) is 24.0 Å². The summed E-state index contributed by atoms with van der Waals surface area (Å²) in [4.78, 5) is 4.34. The molecule has 0 bridgehead atoms. The molecule has 102 valence electrons. The molecule has 0 atom stereocenters. The zero-order valence-electron chi connectivity index (χ0n) is 10.8. The average molecular weight is 355 g/mol. The molecule has 1 fully saturated rings. The van der Waals surface area contributed by atoms with Crippen LogP contribution in [0.25, 0.3) is 0 Å². The summed E-state index contributed by atoms with van der Waals surface area (Å²) in [5.74, 6) is 1.40. The van der Waals surface area contributed by atoms with Gasteiger partial charge in [0.05, 0.1) is 0 Å². The van der Waals surface area contributed by atoms with Crippen molar-refractivity contribution in [2.24, 2.45) is 16.6 Å². The van der Waals surface area contributed by atoms with Crippen LogP contribution >= 0.6 is 24.0 Å². The van der Waals surface area contributed by atoms with Crippen molar-refractivity contribution in [2.75, 3.05) is 26.8 Å². The van der Waals surface area contributed by atoms with Crippen molar-refractivity contribution in [3.8, 4) is 0 Å². The van der Waals surface area contributed by atoms with Crippen LogP contribution in [-0.4, -0.2) is 32.8 Å². The lowest BCUT2D eigenvalue weighted by Crippen LogP contribution is -2.33. The molecule has 0 aromatic carbocycles. The maximum absolute atomic E-state index is 5.76. The van der Waals surface area contributed by atoms with Crippen LogP contribution in [0.3, 0.4) is 0 Å². The third kappa shape index (κ3) is 8.65. The summed E-state index contributed by atoms with van der Waals surface area (Å²) in [6.45, 7) is 2.68. The minimum absolute atomic E-state index is 0. The molecular weight excluding hydrogens is 329 g/mol. The number of hydrogen-bond acceptors (Lipinski definition) is 2. The number of halogens is 1. The smallest absolute Gasteiger partial charge is 0.188 e. The Morgan fingerprint density at radius 1 is 1.35 bits per heavy atom. The van der Waals surface area contributed by atoms with E-state index in [1.165, 1.54) is 25.7 Å². The molecular formula is C12H26IN3O. The van der Waals surface area contributed by atoms with Crippen molar-refractivity contribution in [1.29, 1.82) is 0 Å². The zero-order chi connectivity index (χ0) is 11.6. The van der Waals surface area contributed by atoms with Crippen LogP contribution in [-0.2, 0) is 4.74 Å². The third-order valence-corrected chi connectivity index (χ3v) is 3.08. The number of rotatable bonds is 8. The van der Waals surface area contributed by atoms with E-state index < -0.39 is 0 Å². The average Bonchev–Trinajstić information content (AvgIpc) is 2.21. The van der Waals surface area contributed by atoms with E-state index in [2.05, 4.69) is 10.3 Å². The molecule has 1 aliphatic rings. The van der Waals surface area contributed by atoms with Crippen LogP contribution < -0.4 is 11.1 Å². The highest BCUT2D eigenvalue weighted by Crippen LogP contribution is 2.26. The highest BCUT2D eigenvalue weighted by Gasteiger charge is 2.16. The number of nitrogens with zero attached hydrogens (tertiary/aromatic N) is 1. The van der Waals surface area contributed by atoms with E-state index in [1.807, 2.05) is 0 Å². The van der Waals surface area contributed by atoms with Crippen LogP contribution in [0, 0.1) is 5.92 Å². The monoisotopic (exact) mass is 355 g/mol. The topological polar surface area (TPSA) is 59.6 Å². The molecule has 3 N–H and O–H groups in total. The van der Waals surface area contributed by atoms with Gasteiger partial charge < -0.3 is 15.8 Å². The van der Waals surface area contributed by atoms with Crippen LogP contribution in [0.2, 0.25) is 0 Å². The Balaban J connectivity index is 0.00000256. The maximum atomic E-state index is 5.76. The fourth-order valence-corrected chi connectivity index (χ4v) is 1.72. The second-order valence-electron chi connectivity index (χ2n) is 4.50. The maximum Gasteiger partial charge on any atom is 0.188 e. The predicted molar refractivity (Wildman–Crippen MR) is 83.0 cm³/mol. The Hall–Kier alpha value is -0.0400. The number of nitrogens with one attached hydrogen (secondary N) is 1. The summed E-state index contributed by atoms with van der Waals surface area (Å²) in [7, 11) is 1.74. The van der Waals surface area contributed by atoms with E-state index in [1.54, 1.807) is 7.11 Å². The second-order valence-corrected chi connectivity index (χ2v) is 4.50. The van der Waals surface area contributed by atoms with Gasteiger partial charge in [0.25, 0.3) is 0 Å². The molecule has 5 heteroatoms. The van der Waals surface area contributed by atoms with E-state index in [-0.39, 0.29) is 24.0 Å². The second kappa shape index (κ2) is 11.1. The van der Waals surface area contributed by atoms with Crippen molar-refractivity contribution in [3.63, 3.8) is 0 Å². The lowest BCUT2D eigenvalue weighted by atomic mass is 9.86. The highest BCUT2D eigenvalue weighted by molar-refractivity contribution is 14.0. The van der Waals surface area contributed by atoms with Crippen LogP contribution in [0.1, 0.15) is 38.5 Å². The molecule has 0 amide bonds. The van der Waals surface area contributed by atoms with Crippen molar-refractivity contribution >= 4 is 29.9 Å². The molecule has 0 aliphatic heterocycles. The lowest BCUT2D eigenvalue weighted by Gasteiger charge is -2.23. The number of methoxy groups -OCH3 is 1. The summed E-state index contributed by atoms with van der Waals surface area (Å²) >= 11 is 0. The Kier molecular flexibility index (Phi) is 11.0. The Morgan fingerprint density at radius 3 is 2.71 bits per heavy atom. The zero-order valence-corrected chi connectivity index (χ0v) is 13.1. The molecule has 17 heavy (non-hydrogen) atoms. The number of ether oxygens (including phenoxy) is 1. The number of unbranched alkanes of at least 4 members (excludes halogenated alkanes) is 2. The molecule has 0 radical (unpaired) electrons. The van der Waals surface area contributed by atoms with Gasteiger partial charge in [0.15, 0.2) is 5.96 Å². The Labute approximate surface area is 122 Å². The number of nitrogens with two attached hydrogens (primary N) is 1. The van der Waals surface area contributed by atoms with E-state index in [4.69, 9.17) is 10.5 Å². The first-order valence-corrected chi connectivity index (χ1v) is 6.35. The van der Waals surface area contributed by atoms with Gasteiger partial charge in [0.2, 0.25) is 0 Å². The molecule has 1 rings (SSSR count). The number of hydrogen-bond donors (Lipinski definition) is 2. The summed E-state index contributed by atoms with van der Waals surface area (Å²) in [5.41, 5.74) is 5.76. The van der Waals surface area contributed by atoms with Crippen LogP contribution in [0.15, 0.2) is 4.99 Å². The largest absolute Gasteiger partial charge is 0.385 e. The first-order valence-electron chi connectivity index (χ1n) is 6.35. The van der Waals surface area contributed by atoms with Gasteiger partial charge in [-0.2, -0.15) is 0 Å². The molecule has 0 aromatic heterocycles. The third-order valence-electron chi connectivity index (χ3n) is 3.08. The fourth-order valence-electron chi connectivity index (χ4n) is 1.72. The SMILES string of the molecule is COCCCCCNC(N)=NCC1CCC1.I. The quantitative estimate of drug-likeness (QED) is 0.304. The summed E-state index contributed by atoms with van der Waals surface area (Å²) in [5, 5.41) is 3.15. The standard InChI is InChI=1S/C12H25N3O.HI/c1-16-9-4-2-3-8-14-12(13)15-10-11-6-5-7-11;/h11H,2-10H2,1H3,(H3,13,14,15);1H. The number of aliphatic imine (C=N–C) groups is 1. The van der Waals surface area contributed by atoms with Crippen molar-refractivity contribution in [3.05, 3.63) is 0 Å². The van der Waals surface area contributed by atoms with E-state index in [0.29, 0.717) is 5.96 Å². The van der Waals surface area contributed by atoms with E-state index in [0.717, 1.165) is 38.5 Å². The molecule has 0 heterocycles. The van der Waals surface area contributed by atoms with Crippen molar-refractivity contribution in [2.45, 2.75) is 38.5 Å². The molecule has 4 nitrogen and oxygen atoms in total. The van der Waals surface area contributed by atoms with Gasteiger partial charge in [-0.05, 0) is 38.0 Å². The molecule has 1 saturated carbocycles. The summed E-state index contributed by atoms with van der Waals surface area (Å²) < 4.78 is 4.98. The fraction of sp³-hybridized carbons (Fsp3) is 0.917. The predicted octanol–water partition coefficient (Wildman–Crippen LogP) is 2.13. The Morgan fingerprint density at radius 2 is 2.12 bits per heavy atom. The number of guanidine groups is 1. The van der Waals surface area contributed by atoms with Gasteiger partial charge in [-0.1, -0.05) is 6.42 Å². The first-order chi connectivity index (χ1) is 7.83. The minimum atomic E-state index is 0. The van der Waals surface area contributed by atoms with Gasteiger partial charge in [0, 0.05) is 26.8 Å². The van der Waals surface area contributed by atoms with Gasteiger partial charge in [-0.25, -0.2) is 0 Å². The normalized spacial score (nSPS) is 16.2. The summed E-state index contributed by atoms with van der Waals surface area (Å²) in [6, 6.07) is 0. The van der Waals surface area contributed by atoms with E-state index >= 15 is 0 Å². The Bertz CT molecular complexity index is 208. The first kappa shape index (κ1) is 17.0. The van der Waals surface area contributed by atoms with Gasteiger partial charge in [0.1, 0.15) is 0 Å². The van der Waals surface area contributed by atoms with Crippen LogP contribution in [0.4, 0.5) is 0 Å². The summed E-state index contributed by atoms with van der Waals surface area (Å²) in [6.07, 6.45) is 7.45. The van der Waals surface area contributed by atoms with Gasteiger partial charge in [-0.3, -0.25) is 4.99 Å². The highest BCUT2D eigenvalue weighted by atomic mass is 127. The van der Waals surface area contributed by atoms with Gasteiger partial charge >= 0.3 is 0 Å². The van der Waals surface area contributed by atoms with Crippen LogP contribution in [0.5, 0.6) is 0 Å². The van der Waals surface area contributed by atoms with Crippen molar-refractivity contribution in [1.82, 2.24) is 5.32 Å². The van der Waals surface area contributed by atoms with E-state index in [9.17, 15) is 0 Å². The molecule has 0 aromatic rings. The molecule has 0 saturated heterocycles. The molecule has 1 aliphatic carbocycles.